The zero-order valence-corrected chi connectivity index (χ0v) is 16.0. The van der Waals surface area contributed by atoms with Gasteiger partial charge in [0.15, 0.2) is 0 Å². The van der Waals surface area contributed by atoms with Crippen molar-refractivity contribution in [2.45, 2.75) is 11.7 Å². The molecule has 1 aliphatic rings. The van der Waals surface area contributed by atoms with E-state index in [1.54, 1.807) is 36.0 Å². The minimum absolute atomic E-state index is 0.0167. The zero-order valence-electron chi connectivity index (χ0n) is 14.4. The fraction of sp³-hybridized carbons (Fsp3) is 0.368. The van der Waals surface area contributed by atoms with Crippen LogP contribution in [0.4, 0.5) is 4.39 Å². The number of para-hydroxylation sites is 1. The number of rotatable bonds is 6. The van der Waals surface area contributed by atoms with Crippen LogP contribution in [-0.2, 0) is 10.0 Å². The summed E-state index contributed by atoms with van der Waals surface area (Å²) >= 11 is 1.61. The quantitative estimate of drug-likeness (QED) is 0.748. The van der Waals surface area contributed by atoms with Crippen molar-refractivity contribution < 1.29 is 17.5 Å². The van der Waals surface area contributed by atoms with E-state index in [9.17, 15) is 12.8 Å². The van der Waals surface area contributed by atoms with Crippen molar-refractivity contribution >= 4 is 21.8 Å². The Morgan fingerprint density at radius 1 is 1.08 bits per heavy atom. The van der Waals surface area contributed by atoms with E-state index in [1.807, 2.05) is 24.3 Å². The summed E-state index contributed by atoms with van der Waals surface area (Å²) in [6.45, 7) is 0.968. The lowest BCUT2D eigenvalue weighted by Crippen LogP contribution is -2.36. The molecule has 0 aromatic heterocycles. The van der Waals surface area contributed by atoms with Gasteiger partial charge >= 0.3 is 0 Å². The summed E-state index contributed by atoms with van der Waals surface area (Å²) in [5.41, 5.74) is 0.657. The lowest BCUT2D eigenvalue weighted by Gasteiger charge is -2.20. The second-order valence-electron chi connectivity index (χ2n) is 6.05. The minimum Gasteiger partial charge on any atom is -0.492 e. The highest BCUT2D eigenvalue weighted by atomic mass is 32.2. The molecular weight excluding hydrogens is 373 g/mol. The largest absolute Gasteiger partial charge is 0.492 e. The fourth-order valence-corrected chi connectivity index (χ4v) is 5.60. The maximum atomic E-state index is 14.0. The number of nitrogens with zero attached hydrogens (tertiary/aromatic N) is 1. The molecule has 0 amide bonds. The smallest absolute Gasteiger partial charge is 0.217 e. The van der Waals surface area contributed by atoms with Gasteiger partial charge < -0.3 is 4.74 Å². The van der Waals surface area contributed by atoms with E-state index >= 15 is 0 Å². The molecule has 4 nitrogen and oxygen atoms in total. The number of benzene rings is 2. The molecule has 0 aliphatic carbocycles. The molecule has 1 heterocycles. The molecule has 7 heteroatoms. The number of hydrogen-bond acceptors (Lipinski definition) is 4. The summed E-state index contributed by atoms with van der Waals surface area (Å²) in [5, 5.41) is -0.0167. The van der Waals surface area contributed by atoms with Gasteiger partial charge in [0.25, 0.3) is 0 Å². The van der Waals surface area contributed by atoms with Crippen LogP contribution in [0.3, 0.4) is 0 Å². The van der Waals surface area contributed by atoms with Crippen molar-refractivity contribution in [3.8, 4) is 5.75 Å². The van der Waals surface area contributed by atoms with Crippen LogP contribution in [0.5, 0.6) is 5.75 Å². The van der Waals surface area contributed by atoms with Crippen LogP contribution in [0.1, 0.15) is 17.2 Å². The Bertz CT molecular complexity index is 815. The van der Waals surface area contributed by atoms with Gasteiger partial charge in [-0.05, 0) is 24.6 Å². The number of hydrogen-bond donors (Lipinski definition) is 0. The summed E-state index contributed by atoms with van der Waals surface area (Å²) in [4.78, 5) is 0. The van der Waals surface area contributed by atoms with Crippen molar-refractivity contribution in [1.82, 2.24) is 4.31 Å². The van der Waals surface area contributed by atoms with Crippen molar-refractivity contribution in [3.63, 3.8) is 0 Å². The molecular formula is C19H22FNO3S2. The summed E-state index contributed by atoms with van der Waals surface area (Å²) < 4.78 is 46.2. The van der Waals surface area contributed by atoms with E-state index in [0.29, 0.717) is 36.6 Å². The molecule has 140 valence electrons. The number of ether oxygens (including phenoxy) is 1. The second-order valence-corrected chi connectivity index (χ2v) is 9.45. The lowest BCUT2D eigenvalue weighted by molar-refractivity contribution is 0.335. The summed E-state index contributed by atoms with van der Waals surface area (Å²) in [7, 11) is -3.39. The Hall–Kier alpha value is -1.57. The first-order chi connectivity index (χ1) is 12.6. The molecule has 1 atom stereocenters. The average molecular weight is 396 g/mol. The third-order valence-corrected chi connectivity index (χ3v) is 7.44. The maximum Gasteiger partial charge on any atom is 0.217 e. The summed E-state index contributed by atoms with van der Waals surface area (Å²) in [6, 6.07) is 15.9. The molecule has 0 radical (unpaired) electrons. The topological polar surface area (TPSA) is 46.6 Å². The number of halogens is 1. The first-order valence-electron chi connectivity index (χ1n) is 8.58. The van der Waals surface area contributed by atoms with Crippen LogP contribution in [0, 0.1) is 5.82 Å². The minimum atomic E-state index is -3.39. The van der Waals surface area contributed by atoms with Crippen LogP contribution in [0.25, 0.3) is 0 Å². The summed E-state index contributed by atoms with van der Waals surface area (Å²) in [5.74, 6) is 1.03. The van der Waals surface area contributed by atoms with Crippen LogP contribution in [-0.4, -0.2) is 43.9 Å². The third kappa shape index (κ3) is 4.99. The Balaban J connectivity index is 1.56. The van der Waals surface area contributed by atoms with E-state index < -0.39 is 10.0 Å². The van der Waals surface area contributed by atoms with Crippen molar-refractivity contribution in [1.29, 1.82) is 0 Å². The molecule has 0 bridgehead atoms. The van der Waals surface area contributed by atoms with Gasteiger partial charge in [-0.1, -0.05) is 36.4 Å². The van der Waals surface area contributed by atoms with Crippen LogP contribution >= 0.6 is 11.8 Å². The van der Waals surface area contributed by atoms with E-state index in [0.717, 1.165) is 0 Å². The zero-order chi connectivity index (χ0) is 18.4. The van der Waals surface area contributed by atoms with Crippen molar-refractivity contribution in [2.24, 2.45) is 0 Å². The predicted molar refractivity (Wildman–Crippen MR) is 104 cm³/mol. The molecule has 2 aromatic carbocycles. The van der Waals surface area contributed by atoms with E-state index in [-0.39, 0.29) is 23.4 Å². The molecule has 1 fully saturated rings. The van der Waals surface area contributed by atoms with Gasteiger partial charge in [-0.25, -0.2) is 17.1 Å². The molecule has 2 aromatic rings. The predicted octanol–water partition coefficient (Wildman–Crippen LogP) is 3.71. The van der Waals surface area contributed by atoms with E-state index in [4.69, 9.17) is 4.74 Å². The van der Waals surface area contributed by atoms with Crippen molar-refractivity contribution in [3.05, 3.63) is 66.0 Å². The van der Waals surface area contributed by atoms with Gasteiger partial charge in [-0.3, -0.25) is 0 Å². The highest BCUT2D eigenvalue weighted by molar-refractivity contribution is 7.99. The van der Waals surface area contributed by atoms with E-state index in [1.165, 1.54) is 10.4 Å². The van der Waals surface area contributed by atoms with Crippen LogP contribution < -0.4 is 4.74 Å². The molecule has 1 aliphatic heterocycles. The van der Waals surface area contributed by atoms with Gasteiger partial charge in [0.2, 0.25) is 10.0 Å². The van der Waals surface area contributed by atoms with Gasteiger partial charge in [-0.2, -0.15) is 11.8 Å². The normalized spacial score (nSPS) is 19.0. The number of thioether (sulfide) groups is 1. The Morgan fingerprint density at radius 3 is 2.58 bits per heavy atom. The molecule has 0 N–H and O–H groups in total. The molecule has 3 rings (SSSR count). The van der Waals surface area contributed by atoms with E-state index in [2.05, 4.69) is 0 Å². The average Bonchev–Trinajstić information content (AvgIpc) is 2.90. The highest BCUT2D eigenvalue weighted by Crippen LogP contribution is 2.36. The van der Waals surface area contributed by atoms with Crippen LogP contribution in [0.2, 0.25) is 0 Å². The fourth-order valence-electron chi connectivity index (χ4n) is 2.92. The molecule has 1 unspecified atom stereocenters. The number of sulfonamides is 1. The Labute approximate surface area is 158 Å². The third-order valence-electron chi connectivity index (χ3n) is 4.30. The molecule has 0 spiro atoms. The monoisotopic (exact) mass is 395 g/mol. The lowest BCUT2D eigenvalue weighted by atomic mass is 10.1. The standard InChI is InChI=1S/C19H22FNO3S2/c20-18-9-5-4-8-17(18)19-10-11-21(12-14-25-19)26(22,23)15-13-24-16-6-2-1-3-7-16/h1-9,19H,10-15H2. The van der Waals surface area contributed by atoms with Gasteiger partial charge in [0.05, 0.1) is 5.75 Å². The Morgan fingerprint density at radius 2 is 1.81 bits per heavy atom. The van der Waals surface area contributed by atoms with Crippen LogP contribution in [0.15, 0.2) is 54.6 Å². The second kappa shape index (κ2) is 8.88. The summed E-state index contributed by atoms with van der Waals surface area (Å²) in [6.07, 6.45) is 0.602. The SMILES string of the molecule is O=S(=O)(CCOc1ccccc1)N1CCSC(c2ccccc2F)CC1. The molecule has 1 saturated heterocycles. The van der Waals surface area contributed by atoms with Gasteiger partial charge in [-0.15, -0.1) is 0 Å². The maximum absolute atomic E-state index is 14.0. The first-order valence-corrected chi connectivity index (χ1v) is 11.2. The van der Waals surface area contributed by atoms with Crippen molar-refractivity contribution in [2.75, 3.05) is 31.2 Å². The Kier molecular flexibility index (Phi) is 6.56. The highest BCUT2D eigenvalue weighted by Gasteiger charge is 2.27. The van der Waals surface area contributed by atoms with Gasteiger partial charge in [0, 0.05) is 29.7 Å². The first kappa shape index (κ1) is 19.2. The van der Waals surface area contributed by atoms with Gasteiger partial charge in [0.1, 0.15) is 18.2 Å². The molecule has 0 saturated carbocycles. The molecule has 26 heavy (non-hydrogen) atoms.